The summed E-state index contributed by atoms with van der Waals surface area (Å²) in [6.07, 6.45) is 0. The Hall–Kier alpha value is -8.40. The number of hydrogen-bond donors (Lipinski definition) is 0. The Balaban J connectivity index is 0.978. The second-order valence-corrected chi connectivity index (χ2v) is 18.1. The molecule has 1 aliphatic rings. The Kier molecular flexibility index (Phi) is 8.56. The minimum Gasteiger partial charge on any atom is -0.310 e. The molecule has 1 aliphatic carbocycles. The average Bonchev–Trinajstić information content (AvgIpc) is 3.98. The molecule has 0 spiro atoms. The number of para-hydroxylation sites is 3. The number of nitrogens with zero attached hydrogens (tertiary/aromatic N) is 3. The standard InChI is InChI=1S/C63H45N3/c1-63(2)56-24-14-12-22-51(56)52-36-35-50(41-57(52)63)64(48-31-26-43(27-32-48)42-16-6-3-7-17-42)49-33-28-44(29-34-49)45-30-38-59-55(40-45)61-60(65(59)46-18-8-4-9-19-46)39-37-54-53-23-13-15-25-58(53)66(62(54)61)47-20-10-5-11-21-47/h3-41H,1-2H3. The van der Waals surface area contributed by atoms with E-state index in [9.17, 15) is 0 Å². The molecule has 0 fully saturated rings. The highest BCUT2D eigenvalue weighted by molar-refractivity contribution is 6.26. The topological polar surface area (TPSA) is 13.1 Å². The molecule has 0 unspecified atom stereocenters. The first kappa shape index (κ1) is 38.1. The molecule has 0 saturated carbocycles. The van der Waals surface area contributed by atoms with Crippen LogP contribution in [0.4, 0.5) is 17.1 Å². The minimum atomic E-state index is -0.113. The number of anilines is 3. The van der Waals surface area contributed by atoms with Crippen LogP contribution in [0.15, 0.2) is 237 Å². The Bertz CT molecular complexity index is 3800. The van der Waals surface area contributed by atoms with Gasteiger partial charge in [-0.3, -0.25) is 0 Å². The highest BCUT2D eigenvalue weighted by Gasteiger charge is 2.35. The Morgan fingerprint density at radius 2 is 0.848 bits per heavy atom. The fraction of sp³-hybridized carbons (Fsp3) is 0.0476. The van der Waals surface area contributed by atoms with Crippen molar-refractivity contribution in [2.75, 3.05) is 4.90 Å². The van der Waals surface area contributed by atoms with Crippen LogP contribution in [0, 0.1) is 0 Å². The number of fused-ring (bicyclic) bond motifs is 10. The highest BCUT2D eigenvalue weighted by atomic mass is 15.1. The molecule has 0 atom stereocenters. The van der Waals surface area contributed by atoms with Gasteiger partial charge in [0.1, 0.15) is 0 Å². The van der Waals surface area contributed by atoms with Gasteiger partial charge in [-0.15, -0.1) is 0 Å². The van der Waals surface area contributed by atoms with E-state index in [2.05, 4.69) is 264 Å². The van der Waals surface area contributed by atoms with Crippen LogP contribution >= 0.6 is 0 Å². The van der Waals surface area contributed by atoms with E-state index >= 15 is 0 Å². The van der Waals surface area contributed by atoms with Crippen molar-refractivity contribution in [2.45, 2.75) is 19.3 Å². The van der Waals surface area contributed by atoms with Crippen LogP contribution < -0.4 is 4.90 Å². The summed E-state index contributed by atoms with van der Waals surface area (Å²) in [4.78, 5) is 2.41. The summed E-state index contributed by atoms with van der Waals surface area (Å²) >= 11 is 0. The number of hydrogen-bond acceptors (Lipinski definition) is 1. The van der Waals surface area contributed by atoms with Gasteiger partial charge in [-0.25, -0.2) is 0 Å². The van der Waals surface area contributed by atoms with Crippen molar-refractivity contribution in [2.24, 2.45) is 0 Å². The van der Waals surface area contributed by atoms with Crippen LogP contribution in [0.2, 0.25) is 0 Å². The lowest BCUT2D eigenvalue weighted by Crippen LogP contribution is -2.16. The van der Waals surface area contributed by atoms with Crippen LogP contribution in [0.5, 0.6) is 0 Å². The first-order valence-corrected chi connectivity index (χ1v) is 22.9. The zero-order valence-corrected chi connectivity index (χ0v) is 36.9. The van der Waals surface area contributed by atoms with Gasteiger partial charge in [0.25, 0.3) is 0 Å². The quantitative estimate of drug-likeness (QED) is 0.156. The van der Waals surface area contributed by atoms with Gasteiger partial charge in [-0.05, 0) is 129 Å². The molecule has 3 nitrogen and oxygen atoms in total. The van der Waals surface area contributed by atoms with Gasteiger partial charge in [-0.2, -0.15) is 0 Å². The molecule has 12 aromatic rings. The lowest BCUT2D eigenvalue weighted by molar-refractivity contribution is 0.660. The molecule has 2 heterocycles. The molecule has 0 radical (unpaired) electrons. The van der Waals surface area contributed by atoms with E-state index in [0.717, 1.165) is 28.4 Å². The summed E-state index contributed by atoms with van der Waals surface area (Å²) in [5, 5.41) is 4.97. The Morgan fingerprint density at radius 3 is 1.56 bits per heavy atom. The van der Waals surface area contributed by atoms with Gasteiger partial charge in [-0.1, -0.05) is 166 Å². The zero-order chi connectivity index (χ0) is 43.9. The zero-order valence-electron chi connectivity index (χ0n) is 36.9. The maximum Gasteiger partial charge on any atom is 0.0641 e. The lowest BCUT2D eigenvalue weighted by atomic mass is 9.82. The molecule has 0 N–H and O–H groups in total. The van der Waals surface area contributed by atoms with Crippen LogP contribution in [0.3, 0.4) is 0 Å². The highest BCUT2D eigenvalue weighted by Crippen LogP contribution is 2.51. The Morgan fingerprint density at radius 1 is 0.333 bits per heavy atom. The number of rotatable bonds is 7. The van der Waals surface area contributed by atoms with Gasteiger partial charge in [0.2, 0.25) is 0 Å². The molecule has 13 rings (SSSR count). The molecular weight excluding hydrogens is 799 g/mol. The van der Waals surface area contributed by atoms with Crippen molar-refractivity contribution in [3.63, 3.8) is 0 Å². The van der Waals surface area contributed by atoms with Crippen LogP contribution in [0.1, 0.15) is 25.0 Å². The maximum absolute atomic E-state index is 2.46. The van der Waals surface area contributed by atoms with E-state index in [1.54, 1.807) is 0 Å². The summed E-state index contributed by atoms with van der Waals surface area (Å²) in [5.41, 5.74) is 20.5. The van der Waals surface area contributed by atoms with Crippen molar-refractivity contribution >= 4 is 60.7 Å². The van der Waals surface area contributed by atoms with E-state index < -0.39 is 0 Å². The molecule has 3 heteroatoms. The molecule has 0 aliphatic heterocycles. The number of benzene rings is 10. The molecule has 312 valence electrons. The first-order chi connectivity index (χ1) is 32.5. The van der Waals surface area contributed by atoms with Gasteiger partial charge in [0.15, 0.2) is 0 Å². The summed E-state index contributed by atoms with van der Waals surface area (Å²) in [7, 11) is 0. The SMILES string of the molecule is CC1(C)c2ccccc2-c2ccc(N(c3ccc(-c4ccccc4)cc3)c3ccc(-c4ccc5c(c4)c4c(ccc6c7ccccc7n(-c7ccccc7)c64)n5-c4ccccc4)cc3)cc21. The fourth-order valence-electron chi connectivity index (χ4n) is 11.0. The maximum atomic E-state index is 2.46. The van der Waals surface area contributed by atoms with Crippen LogP contribution in [0.25, 0.3) is 88.4 Å². The number of aromatic nitrogens is 2. The molecule has 2 aromatic heterocycles. The first-order valence-electron chi connectivity index (χ1n) is 22.9. The molecular formula is C63H45N3. The average molecular weight is 844 g/mol. The summed E-state index contributed by atoms with van der Waals surface area (Å²) < 4.78 is 4.89. The predicted molar refractivity (Wildman–Crippen MR) is 278 cm³/mol. The largest absolute Gasteiger partial charge is 0.310 e. The third kappa shape index (κ3) is 5.83. The van der Waals surface area contributed by atoms with E-state index in [1.165, 1.54) is 88.1 Å². The molecule has 0 bridgehead atoms. The molecule has 10 aromatic carbocycles. The second-order valence-electron chi connectivity index (χ2n) is 18.1. The van der Waals surface area contributed by atoms with E-state index in [-0.39, 0.29) is 5.41 Å². The van der Waals surface area contributed by atoms with Crippen LogP contribution in [-0.2, 0) is 5.41 Å². The van der Waals surface area contributed by atoms with E-state index in [0.29, 0.717) is 0 Å². The van der Waals surface area contributed by atoms with Crippen molar-refractivity contribution < 1.29 is 0 Å². The Labute approximate surface area is 384 Å². The van der Waals surface area contributed by atoms with Gasteiger partial charge in [0.05, 0.1) is 22.1 Å². The van der Waals surface area contributed by atoms with Crippen molar-refractivity contribution in [1.29, 1.82) is 0 Å². The van der Waals surface area contributed by atoms with Gasteiger partial charge in [0, 0.05) is 55.4 Å². The molecule has 66 heavy (non-hydrogen) atoms. The van der Waals surface area contributed by atoms with Gasteiger partial charge >= 0.3 is 0 Å². The van der Waals surface area contributed by atoms with Crippen molar-refractivity contribution in [1.82, 2.24) is 9.13 Å². The third-order valence-electron chi connectivity index (χ3n) is 14.1. The summed E-state index contributed by atoms with van der Waals surface area (Å²) in [6.45, 7) is 4.71. The normalized spacial score (nSPS) is 12.8. The smallest absolute Gasteiger partial charge is 0.0641 e. The predicted octanol–water partition coefficient (Wildman–Crippen LogP) is 17.0. The van der Waals surface area contributed by atoms with Crippen LogP contribution in [-0.4, -0.2) is 9.13 Å². The molecule has 0 saturated heterocycles. The van der Waals surface area contributed by atoms with Gasteiger partial charge < -0.3 is 14.0 Å². The minimum absolute atomic E-state index is 0.113. The van der Waals surface area contributed by atoms with Crippen molar-refractivity contribution in [3.05, 3.63) is 248 Å². The lowest BCUT2D eigenvalue weighted by Gasteiger charge is -2.28. The molecule has 0 amide bonds. The van der Waals surface area contributed by atoms with E-state index in [4.69, 9.17) is 0 Å². The summed E-state index contributed by atoms with van der Waals surface area (Å²) in [6, 6.07) is 86.8. The monoisotopic (exact) mass is 843 g/mol. The van der Waals surface area contributed by atoms with E-state index in [1.807, 2.05) is 0 Å². The van der Waals surface area contributed by atoms with Crippen molar-refractivity contribution in [3.8, 4) is 44.8 Å². The second kappa shape index (κ2) is 14.8. The third-order valence-corrected chi connectivity index (χ3v) is 14.1. The summed E-state index contributed by atoms with van der Waals surface area (Å²) in [5.74, 6) is 0. The fourth-order valence-corrected chi connectivity index (χ4v) is 11.0.